The molecule has 0 saturated carbocycles. The molecule has 1 amide bonds. The Morgan fingerprint density at radius 1 is 1.30 bits per heavy atom. The van der Waals surface area contributed by atoms with Gasteiger partial charge in [-0.3, -0.25) is 0 Å². The first-order chi connectivity index (χ1) is 12.7. The van der Waals surface area contributed by atoms with Crippen LogP contribution in [0.4, 0.5) is 9.18 Å². The fourth-order valence-corrected chi connectivity index (χ4v) is 3.68. The van der Waals surface area contributed by atoms with Crippen LogP contribution in [0.1, 0.15) is 44.9 Å². The van der Waals surface area contributed by atoms with Crippen LogP contribution in [0.25, 0.3) is 11.1 Å². The quantitative estimate of drug-likeness (QED) is 0.738. The van der Waals surface area contributed by atoms with E-state index in [4.69, 9.17) is 9.84 Å². The van der Waals surface area contributed by atoms with Gasteiger partial charge in [0.2, 0.25) is 0 Å². The van der Waals surface area contributed by atoms with Crippen LogP contribution in [0.5, 0.6) is 5.75 Å². The van der Waals surface area contributed by atoms with Gasteiger partial charge in [-0.05, 0) is 58.7 Å². The summed E-state index contributed by atoms with van der Waals surface area (Å²) in [5, 5.41) is 11.7. The van der Waals surface area contributed by atoms with Crippen LogP contribution >= 0.6 is 0 Å². The molecule has 0 aromatic heterocycles. The fraction of sp³-hybridized carbons (Fsp3) is 0.409. The van der Waals surface area contributed by atoms with Crippen molar-refractivity contribution in [2.75, 3.05) is 6.61 Å². The molecule has 3 rings (SSSR count). The zero-order valence-corrected chi connectivity index (χ0v) is 16.2. The summed E-state index contributed by atoms with van der Waals surface area (Å²) in [6.07, 6.45) is -0.404. The zero-order valence-electron chi connectivity index (χ0n) is 16.2. The minimum absolute atomic E-state index is 0.305. The third-order valence-electron chi connectivity index (χ3n) is 4.98. The van der Waals surface area contributed by atoms with Crippen LogP contribution in [0, 0.1) is 17.2 Å². The summed E-state index contributed by atoms with van der Waals surface area (Å²) >= 11 is 0. The molecule has 1 aliphatic rings. The third-order valence-corrected chi connectivity index (χ3v) is 4.98. The van der Waals surface area contributed by atoms with Gasteiger partial charge in [-0.1, -0.05) is 39.8 Å². The Balaban J connectivity index is 1.90. The second-order valence-electron chi connectivity index (χ2n) is 8.31. The van der Waals surface area contributed by atoms with Crippen molar-refractivity contribution in [3.05, 3.63) is 53.3 Å². The highest BCUT2D eigenvalue weighted by atomic mass is 19.1. The molecule has 2 aromatic rings. The van der Waals surface area contributed by atoms with E-state index in [9.17, 15) is 9.18 Å². The van der Waals surface area contributed by atoms with Gasteiger partial charge in [-0.15, -0.1) is 0 Å². The predicted octanol–water partition coefficient (Wildman–Crippen LogP) is 5.42. The lowest BCUT2D eigenvalue weighted by atomic mass is 9.85. The lowest BCUT2D eigenvalue weighted by Crippen LogP contribution is -2.34. The topological polar surface area (TPSA) is 58.6 Å². The van der Waals surface area contributed by atoms with Crippen molar-refractivity contribution >= 4 is 6.09 Å². The van der Waals surface area contributed by atoms with Crippen molar-refractivity contribution < 1.29 is 19.0 Å². The van der Waals surface area contributed by atoms with E-state index in [-0.39, 0.29) is 11.2 Å². The highest BCUT2D eigenvalue weighted by Gasteiger charge is 2.40. The first-order valence-corrected chi connectivity index (χ1v) is 9.22. The van der Waals surface area contributed by atoms with Gasteiger partial charge in [0.1, 0.15) is 11.6 Å². The molecule has 0 fully saturated rings. The van der Waals surface area contributed by atoms with Crippen LogP contribution < -0.4 is 10.1 Å². The number of carboxylic acid groups (broad SMARTS) is 1. The Kier molecular flexibility index (Phi) is 5.13. The van der Waals surface area contributed by atoms with E-state index in [1.54, 1.807) is 0 Å². The monoisotopic (exact) mass is 371 g/mol. The van der Waals surface area contributed by atoms with E-state index in [1.807, 2.05) is 44.2 Å². The van der Waals surface area contributed by atoms with Crippen molar-refractivity contribution in [3.8, 4) is 16.9 Å². The van der Waals surface area contributed by atoms with Gasteiger partial charge in [0.25, 0.3) is 0 Å². The molecule has 0 bridgehead atoms. The molecule has 0 aliphatic heterocycles. The highest BCUT2D eigenvalue weighted by molar-refractivity contribution is 5.69. The van der Waals surface area contributed by atoms with Crippen molar-refractivity contribution in [1.29, 1.82) is 0 Å². The highest BCUT2D eigenvalue weighted by Crippen LogP contribution is 2.46. The summed E-state index contributed by atoms with van der Waals surface area (Å²) in [7, 11) is 0. The van der Waals surface area contributed by atoms with E-state index < -0.39 is 12.1 Å². The normalized spacial score (nSPS) is 17.6. The second-order valence-corrected chi connectivity index (χ2v) is 8.31. The average Bonchev–Trinajstić information content (AvgIpc) is 2.82. The standard InChI is InChI=1S/C22H26FNO3/c1-13(2)12-27-16-7-5-14(6-8-16)17-9-15-11-22(3,4)20(24-21(25)26)18(15)10-19(17)23/h5-10,13,20,24H,11-12H2,1-4H3,(H,25,26). The lowest BCUT2D eigenvalue weighted by Gasteiger charge is -2.27. The maximum Gasteiger partial charge on any atom is 0.405 e. The van der Waals surface area contributed by atoms with Crippen molar-refractivity contribution in [1.82, 2.24) is 5.32 Å². The Labute approximate surface area is 159 Å². The number of hydrogen-bond acceptors (Lipinski definition) is 2. The van der Waals surface area contributed by atoms with Gasteiger partial charge in [0.15, 0.2) is 0 Å². The van der Waals surface area contributed by atoms with Crippen LogP contribution in [-0.4, -0.2) is 17.8 Å². The Bertz CT molecular complexity index is 843. The molecule has 4 nitrogen and oxygen atoms in total. The maximum absolute atomic E-state index is 14.8. The summed E-state index contributed by atoms with van der Waals surface area (Å²) in [4.78, 5) is 11.1. The Morgan fingerprint density at radius 2 is 1.96 bits per heavy atom. The van der Waals surface area contributed by atoms with Crippen molar-refractivity contribution in [2.45, 2.75) is 40.2 Å². The van der Waals surface area contributed by atoms with Crippen molar-refractivity contribution in [2.24, 2.45) is 11.3 Å². The fourth-order valence-electron chi connectivity index (χ4n) is 3.68. The summed E-state index contributed by atoms with van der Waals surface area (Å²) < 4.78 is 20.5. The van der Waals surface area contributed by atoms with E-state index in [1.165, 1.54) is 6.07 Å². The van der Waals surface area contributed by atoms with E-state index in [2.05, 4.69) is 19.2 Å². The molecule has 0 heterocycles. The smallest absolute Gasteiger partial charge is 0.405 e. The number of rotatable bonds is 5. The molecular formula is C22H26FNO3. The number of benzene rings is 2. The molecule has 27 heavy (non-hydrogen) atoms. The van der Waals surface area contributed by atoms with Crippen LogP contribution in [0.15, 0.2) is 36.4 Å². The number of fused-ring (bicyclic) bond motifs is 1. The lowest BCUT2D eigenvalue weighted by molar-refractivity contribution is 0.175. The van der Waals surface area contributed by atoms with Gasteiger partial charge < -0.3 is 15.2 Å². The Hall–Kier alpha value is -2.56. The summed E-state index contributed by atoms with van der Waals surface area (Å²) in [5.41, 5.74) is 2.70. The molecule has 0 spiro atoms. The molecule has 0 saturated heterocycles. The van der Waals surface area contributed by atoms with Gasteiger partial charge in [0.05, 0.1) is 12.6 Å². The maximum atomic E-state index is 14.8. The van der Waals surface area contributed by atoms with Crippen molar-refractivity contribution in [3.63, 3.8) is 0 Å². The number of halogens is 1. The number of nitrogens with one attached hydrogen (secondary N) is 1. The third kappa shape index (κ3) is 4.07. The average molecular weight is 371 g/mol. The van der Waals surface area contributed by atoms with Crippen LogP contribution in [0.2, 0.25) is 0 Å². The summed E-state index contributed by atoms with van der Waals surface area (Å²) in [6, 6.07) is 10.3. The zero-order chi connectivity index (χ0) is 19.8. The predicted molar refractivity (Wildman–Crippen MR) is 104 cm³/mol. The molecule has 5 heteroatoms. The Morgan fingerprint density at radius 3 is 2.56 bits per heavy atom. The van der Waals surface area contributed by atoms with Gasteiger partial charge in [-0.2, -0.15) is 0 Å². The van der Waals surface area contributed by atoms with E-state index >= 15 is 0 Å². The van der Waals surface area contributed by atoms with Gasteiger partial charge in [0, 0.05) is 5.56 Å². The first kappa shape index (κ1) is 19.2. The van der Waals surface area contributed by atoms with E-state index in [0.29, 0.717) is 24.5 Å². The molecule has 1 unspecified atom stereocenters. The number of carbonyl (C=O) groups is 1. The first-order valence-electron chi connectivity index (χ1n) is 9.22. The van der Waals surface area contributed by atoms with E-state index in [0.717, 1.165) is 22.4 Å². The molecule has 2 N–H and O–H groups in total. The van der Waals surface area contributed by atoms with Gasteiger partial charge in [-0.25, -0.2) is 9.18 Å². The molecule has 0 radical (unpaired) electrons. The van der Waals surface area contributed by atoms with Crippen LogP contribution in [-0.2, 0) is 6.42 Å². The molecule has 1 aliphatic carbocycles. The SMILES string of the molecule is CC(C)COc1ccc(-c2cc3c(cc2F)C(NC(=O)O)C(C)(C)C3)cc1. The number of hydrogen-bond donors (Lipinski definition) is 2. The number of amides is 1. The molecular weight excluding hydrogens is 345 g/mol. The molecule has 2 aromatic carbocycles. The minimum atomic E-state index is -1.10. The minimum Gasteiger partial charge on any atom is -0.493 e. The number of ether oxygens (including phenoxy) is 1. The second kappa shape index (κ2) is 7.22. The molecule has 144 valence electrons. The molecule has 1 atom stereocenters. The van der Waals surface area contributed by atoms with Gasteiger partial charge >= 0.3 is 6.09 Å². The van der Waals surface area contributed by atoms with Crippen LogP contribution in [0.3, 0.4) is 0 Å². The largest absolute Gasteiger partial charge is 0.493 e. The summed E-state index contributed by atoms with van der Waals surface area (Å²) in [5.74, 6) is 0.856. The summed E-state index contributed by atoms with van der Waals surface area (Å²) in [6.45, 7) is 8.79.